The number of nitrogens with one attached hydrogen (secondary N) is 3. The third kappa shape index (κ3) is 4.65. The second kappa shape index (κ2) is 7.72. The van der Waals surface area contributed by atoms with Crippen molar-refractivity contribution in [2.75, 3.05) is 10.6 Å². The van der Waals surface area contributed by atoms with Crippen molar-refractivity contribution >= 4 is 23.4 Å². The molecule has 126 valence electrons. The Kier molecular flexibility index (Phi) is 5.20. The Morgan fingerprint density at radius 3 is 2.50 bits per heavy atom. The molecule has 1 saturated carbocycles. The quantitative estimate of drug-likeness (QED) is 0.797. The van der Waals surface area contributed by atoms with Gasteiger partial charge in [0, 0.05) is 11.7 Å². The fourth-order valence-electron chi connectivity index (χ4n) is 2.76. The van der Waals surface area contributed by atoms with Crippen LogP contribution in [0.1, 0.15) is 32.1 Å². The zero-order valence-electron chi connectivity index (χ0n) is 13.3. The molecular weight excluding hydrogens is 309 g/mol. The maximum absolute atomic E-state index is 13.1. The number of urea groups is 1. The highest BCUT2D eigenvalue weighted by Crippen LogP contribution is 2.18. The van der Waals surface area contributed by atoms with E-state index in [1.54, 1.807) is 24.3 Å². The minimum Gasteiger partial charge on any atom is -0.339 e. The summed E-state index contributed by atoms with van der Waals surface area (Å²) in [6.07, 6.45) is 5.60. The first-order chi connectivity index (χ1) is 11.7. The second-order valence-electron chi connectivity index (χ2n) is 5.87. The van der Waals surface area contributed by atoms with Gasteiger partial charge in [-0.3, -0.25) is 5.32 Å². The van der Waals surface area contributed by atoms with Crippen molar-refractivity contribution in [3.05, 3.63) is 42.2 Å². The molecule has 6 nitrogen and oxygen atoms in total. The van der Waals surface area contributed by atoms with Gasteiger partial charge in [-0.05, 0) is 43.2 Å². The Hall–Kier alpha value is -2.70. The van der Waals surface area contributed by atoms with Crippen LogP contribution in [0.3, 0.4) is 0 Å². The van der Waals surface area contributed by atoms with Crippen LogP contribution in [0.4, 0.5) is 26.5 Å². The summed E-state index contributed by atoms with van der Waals surface area (Å²) in [6, 6.07) is 9.37. The number of halogens is 1. The van der Waals surface area contributed by atoms with Gasteiger partial charge in [-0.2, -0.15) is 0 Å². The van der Waals surface area contributed by atoms with Gasteiger partial charge in [-0.15, -0.1) is 10.2 Å². The summed E-state index contributed by atoms with van der Waals surface area (Å²) in [5.41, 5.74) is 0.583. The summed E-state index contributed by atoms with van der Waals surface area (Å²) in [6.45, 7) is 0. The van der Waals surface area contributed by atoms with E-state index in [-0.39, 0.29) is 17.9 Å². The number of carbonyl (C=O) groups is 1. The van der Waals surface area contributed by atoms with E-state index in [0.717, 1.165) is 25.7 Å². The number of anilines is 3. The van der Waals surface area contributed by atoms with Crippen molar-refractivity contribution in [2.24, 2.45) is 0 Å². The summed E-state index contributed by atoms with van der Waals surface area (Å²) in [5.74, 6) is 0.512. The zero-order valence-corrected chi connectivity index (χ0v) is 13.3. The highest BCUT2D eigenvalue weighted by Gasteiger charge is 2.15. The van der Waals surface area contributed by atoms with Crippen LogP contribution in [0.2, 0.25) is 0 Å². The largest absolute Gasteiger partial charge is 0.339 e. The first kappa shape index (κ1) is 16.2. The molecule has 24 heavy (non-hydrogen) atoms. The molecule has 3 rings (SSSR count). The number of benzene rings is 1. The number of aromatic nitrogens is 2. The van der Waals surface area contributed by atoms with E-state index in [1.807, 2.05) is 0 Å². The minimum atomic E-state index is -0.328. The number of carbonyl (C=O) groups excluding carboxylic acids is 1. The average molecular weight is 329 g/mol. The Bertz CT molecular complexity index is 686. The molecule has 2 amide bonds. The Morgan fingerprint density at radius 2 is 1.79 bits per heavy atom. The van der Waals surface area contributed by atoms with Gasteiger partial charge >= 0.3 is 6.03 Å². The number of hydrogen-bond donors (Lipinski definition) is 3. The first-order valence-electron chi connectivity index (χ1n) is 8.13. The van der Waals surface area contributed by atoms with Gasteiger partial charge in [0.25, 0.3) is 0 Å². The second-order valence-corrected chi connectivity index (χ2v) is 5.87. The van der Waals surface area contributed by atoms with E-state index >= 15 is 0 Å². The van der Waals surface area contributed by atoms with Crippen LogP contribution in [0.25, 0.3) is 0 Å². The summed E-state index contributed by atoms with van der Waals surface area (Å²) in [5, 5.41) is 16.5. The monoisotopic (exact) mass is 329 g/mol. The van der Waals surface area contributed by atoms with Crippen molar-refractivity contribution in [3.8, 4) is 0 Å². The molecular formula is C17H20FN5O. The van der Waals surface area contributed by atoms with E-state index < -0.39 is 0 Å². The highest BCUT2D eigenvalue weighted by molar-refractivity contribution is 5.88. The van der Waals surface area contributed by atoms with Crippen molar-refractivity contribution < 1.29 is 9.18 Å². The van der Waals surface area contributed by atoms with Gasteiger partial charge in [0.2, 0.25) is 0 Å². The van der Waals surface area contributed by atoms with Gasteiger partial charge in [0.15, 0.2) is 11.6 Å². The van der Waals surface area contributed by atoms with Crippen LogP contribution in [-0.2, 0) is 0 Å². The fourth-order valence-corrected chi connectivity index (χ4v) is 2.76. The van der Waals surface area contributed by atoms with E-state index in [2.05, 4.69) is 26.1 Å². The smallest absolute Gasteiger partial charge is 0.320 e. The third-order valence-corrected chi connectivity index (χ3v) is 3.94. The minimum absolute atomic E-state index is 0.237. The molecule has 1 fully saturated rings. The maximum atomic E-state index is 13.1. The van der Waals surface area contributed by atoms with Crippen LogP contribution in [0, 0.1) is 5.82 Å². The molecule has 1 aromatic carbocycles. The van der Waals surface area contributed by atoms with Crippen molar-refractivity contribution in [2.45, 2.75) is 38.1 Å². The average Bonchev–Trinajstić information content (AvgIpc) is 2.57. The van der Waals surface area contributed by atoms with Crippen molar-refractivity contribution in [1.29, 1.82) is 0 Å². The molecule has 0 saturated heterocycles. The number of nitrogens with zero attached hydrogens (tertiary/aromatic N) is 2. The van der Waals surface area contributed by atoms with Gasteiger partial charge in [-0.25, -0.2) is 9.18 Å². The molecule has 0 bridgehead atoms. The summed E-state index contributed by atoms with van der Waals surface area (Å²) in [7, 11) is 0. The van der Waals surface area contributed by atoms with E-state index in [4.69, 9.17) is 0 Å². The molecule has 0 unspecified atom stereocenters. The van der Waals surface area contributed by atoms with Gasteiger partial charge in [-0.1, -0.05) is 25.3 Å². The summed E-state index contributed by atoms with van der Waals surface area (Å²) >= 11 is 0. The number of rotatable bonds is 4. The lowest BCUT2D eigenvalue weighted by Crippen LogP contribution is -2.39. The Morgan fingerprint density at radius 1 is 1.04 bits per heavy atom. The molecule has 0 spiro atoms. The zero-order chi connectivity index (χ0) is 16.8. The number of hydrogen-bond acceptors (Lipinski definition) is 4. The number of amides is 2. The lowest BCUT2D eigenvalue weighted by atomic mass is 9.96. The molecule has 1 aliphatic carbocycles. The molecule has 1 aliphatic rings. The van der Waals surface area contributed by atoms with Crippen LogP contribution in [0.15, 0.2) is 36.4 Å². The third-order valence-electron chi connectivity index (χ3n) is 3.94. The molecule has 0 radical (unpaired) electrons. The molecule has 1 heterocycles. The van der Waals surface area contributed by atoms with Gasteiger partial charge in [0.1, 0.15) is 5.82 Å². The first-order valence-corrected chi connectivity index (χ1v) is 8.13. The molecule has 0 aliphatic heterocycles. The van der Waals surface area contributed by atoms with Crippen LogP contribution < -0.4 is 16.0 Å². The predicted octanol–water partition coefficient (Wildman–Crippen LogP) is 3.81. The van der Waals surface area contributed by atoms with Crippen LogP contribution >= 0.6 is 0 Å². The molecule has 2 aromatic rings. The van der Waals surface area contributed by atoms with Crippen molar-refractivity contribution in [3.63, 3.8) is 0 Å². The van der Waals surface area contributed by atoms with Crippen molar-refractivity contribution in [1.82, 2.24) is 15.5 Å². The lowest BCUT2D eigenvalue weighted by Gasteiger charge is -2.22. The van der Waals surface area contributed by atoms with Gasteiger partial charge < -0.3 is 10.6 Å². The summed E-state index contributed by atoms with van der Waals surface area (Å²) in [4.78, 5) is 11.9. The summed E-state index contributed by atoms with van der Waals surface area (Å²) < 4.78 is 13.1. The normalized spacial score (nSPS) is 14.9. The molecule has 1 aromatic heterocycles. The Balaban J connectivity index is 1.53. The predicted molar refractivity (Wildman–Crippen MR) is 90.7 cm³/mol. The molecule has 3 N–H and O–H groups in total. The lowest BCUT2D eigenvalue weighted by molar-refractivity contribution is 0.244. The standard InChI is InChI=1S/C17H20FN5O/c18-12-5-4-8-14(11-12)19-15-9-10-16(23-22-15)21-17(24)20-13-6-2-1-3-7-13/h4-5,8-11,13H,1-3,6-7H2,(H,19,22)(H2,20,21,23,24). The highest BCUT2D eigenvalue weighted by atomic mass is 19.1. The van der Waals surface area contributed by atoms with Crippen LogP contribution in [0.5, 0.6) is 0 Å². The van der Waals surface area contributed by atoms with Gasteiger partial charge in [0.05, 0.1) is 0 Å². The molecule has 7 heteroatoms. The van der Waals surface area contributed by atoms with E-state index in [9.17, 15) is 9.18 Å². The van der Waals surface area contributed by atoms with Crippen LogP contribution in [-0.4, -0.2) is 22.3 Å². The van der Waals surface area contributed by atoms with E-state index in [1.165, 1.54) is 18.6 Å². The molecule has 0 atom stereocenters. The SMILES string of the molecule is O=C(Nc1ccc(Nc2cccc(F)c2)nn1)NC1CCCCC1. The van der Waals surface area contributed by atoms with E-state index in [0.29, 0.717) is 17.3 Å². The maximum Gasteiger partial charge on any atom is 0.320 e. The fraction of sp³-hybridized carbons (Fsp3) is 0.353. The topological polar surface area (TPSA) is 78.9 Å². The Labute approximate surface area is 139 Å².